The normalized spacial score (nSPS) is 19.3. The van der Waals surface area contributed by atoms with E-state index >= 15 is 0 Å². The van der Waals surface area contributed by atoms with Crippen molar-refractivity contribution < 1.29 is 14.3 Å². The van der Waals surface area contributed by atoms with Crippen LogP contribution in [0.1, 0.15) is 13.3 Å². The lowest BCUT2D eigenvalue weighted by Crippen LogP contribution is -2.39. The van der Waals surface area contributed by atoms with Crippen LogP contribution in [0.15, 0.2) is 30.3 Å². The van der Waals surface area contributed by atoms with Crippen LogP contribution in [0.3, 0.4) is 0 Å². The Kier molecular flexibility index (Phi) is 2.90. The Balaban J connectivity index is 2.25. The second-order valence-electron chi connectivity index (χ2n) is 3.77. The molecule has 4 heteroatoms. The first kappa shape index (κ1) is 10.7. The summed E-state index contributed by atoms with van der Waals surface area (Å²) in [7, 11) is 0. The van der Waals surface area contributed by atoms with Crippen molar-refractivity contribution in [1.82, 2.24) is 0 Å². The summed E-state index contributed by atoms with van der Waals surface area (Å²) in [6, 6.07) is 9.14. The van der Waals surface area contributed by atoms with Gasteiger partial charge < -0.3 is 9.64 Å². The van der Waals surface area contributed by atoms with Crippen LogP contribution in [0.5, 0.6) is 0 Å². The van der Waals surface area contributed by atoms with Gasteiger partial charge in [-0.25, -0.2) is 0 Å². The van der Waals surface area contributed by atoms with E-state index in [1.807, 2.05) is 30.3 Å². The molecular weight excluding hydrogens is 206 g/mol. The summed E-state index contributed by atoms with van der Waals surface area (Å²) in [5.41, 5.74) is 0.804. The Morgan fingerprint density at radius 2 is 2.06 bits per heavy atom. The maximum atomic E-state index is 11.6. The molecule has 1 atom stereocenters. The van der Waals surface area contributed by atoms with Gasteiger partial charge in [-0.1, -0.05) is 18.2 Å². The van der Waals surface area contributed by atoms with Crippen LogP contribution >= 0.6 is 0 Å². The fraction of sp³-hybridized carbons (Fsp3) is 0.333. The SMILES string of the molecule is CC(=O)N(c1ccccc1)C1COC(=O)C1. The Morgan fingerprint density at radius 1 is 1.38 bits per heavy atom. The lowest BCUT2D eigenvalue weighted by molar-refractivity contribution is -0.138. The van der Waals surface area contributed by atoms with Crippen molar-refractivity contribution in [3.63, 3.8) is 0 Å². The number of cyclic esters (lactones) is 1. The molecule has 1 aromatic carbocycles. The molecule has 1 amide bonds. The molecule has 0 N–H and O–H groups in total. The first-order valence-electron chi connectivity index (χ1n) is 5.19. The van der Waals surface area contributed by atoms with E-state index in [2.05, 4.69) is 0 Å². The molecule has 1 fully saturated rings. The largest absolute Gasteiger partial charge is 0.463 e. The van der Waals surface area contributed by atoms with Crippen molar-refractivity contribution in [2.45, 2.75) is 19.4 Å². The molecule has 84 valence electrons. The van der Waals surface area contributed by atoms with Crippen LogP contribution in [0.2, 0.25) is 0 Å². The molecule has 0 saturated carbocycles. The van der Waals surface area contributed by atoms with E-state index in [0.717, 1.165) is 5.69 Å². The minimum Gasteiger partial charge on any atom is -0.463 e. The van der Waals surface area contributed by atoms with Gasteiger partial charge in [0.2, 0.25) is 5.91 Å². The third-order valence-electron chi connectivity index (χ3n) is 2.58. The maximum Gasteiger partial charge on any atom is 0.308 e. The molecule has 4 nitrogen and oxygen atoms in total. The summed E-state index contributed by atoms with van der Waals surface area (Å²) in [4.78, 5) is 24.3. The second-order valence-corrected chi connectivity index (χ2v) is 3.77. The van der Waals surface area contributed by atoms with Crippen LogP contribution in [0.25, 0.3) is 0 Å². The number of ether oxygens (including phenoxy) is 1. The highest BCUT2D eigenvalue weighted by Gasteiger charge is 2.31. The highest BCUT2D eigenvalue weighted by molar-refractivity contribution is 5.93. The Bertz CT molecular complexity index is 402. The number of amides is 1. The second kappa shape index (κ2) is 4.35. The van der Waals surface area contributed by atoms with Crippen molar-refractivity contribution in [2.24, 2.45) is 0 Å². The van der Waals surface area contributed by atoms with Crippen molar-refractivity contribution in [1.29, 1.82) is 0 Å². The standard InChI is InChI=1S/C12H13NO3/c1-9(14)13(10-5-3-2-4-6-10)11-7-12(15)16-8-11/h2-6,11H,7-8H2,1H3. The zero-order chi connectivity index (χ0) is 11.5. The molecular formula is C12H13NO3. The van der Waals surface area contributed by atoms with Crippen LogP contribution in [-0.2, 0) is 14.3 Å². The Morgan fingerprint density at radius 3 is 2.56 bits per heavy atom. The molecule has 1 aliphatic heterocycles. The third kappa shape index (κ3) is 2.05. The highest BCUT2D eigenvalue weighted by Crippen LogP contribution is 2.22. The number of carbonyl (C=O) groups excluding carboxylic acids is 2. The molecule has 0 radical (unpaired) electrons. The summed E-state index contributed by atoms with van der Waals surface area (Å²) in [6.07, 6.45) is 0.272. The van der Waals surface area contributed by atoms with Crippen LogP contribution in [0.4, 0.5) is 5.69 Å². The van der Waals surface area contributed by atoms with E-state index < -0.39 is 0 Å². The van der Waals surface area contributed by atoms with Gasteiger partial charge in [0.05, 0.1) is 12.5 Å². The number of hydrogen-bond donors (Lipinski definition) is 0. The molecule has 0 aromatic heterocycles. The lowest BCUT2D eigenvalue weighted by atomic mass is 10.2. The number of esters is 1. The number of rotatable bonds is 2. The molecule has 0 aliphatic carbocycles. The lowest BCUT2D eigenvalue weighted by Gasteiger charge is -2.25. The summed E-state index contributed by atoms with van der Waals surface area (Å²) in [5.74, 6) is -0.318. The number of benzene rings is 1. The fourth-order valence-electron chi connectivity index (χ4n) is 1.90. The predicted octanol–water partition coefficient (Wildman–Crippen LogP) is 1.35. The monoisotopic (exact) mass is 219 g/mol. The number of hydrogen-bond acceptors (Lipinski definition) is 3. The number of para-hydroxylation sites is 1. The van der Waals surface area contributed by atoms with Gasteiger partial charge in [0.25, 0.3) is 0 Å². The van der Waals surface area contributed by atoms with Crippen molar-refractivity contribution >= 4 is 17.6 Å². The van der Waals surface area contributed by atoms with E-state index in [0.29, 0.717) is 0 Å². The van der Waals surface area contributed by atoms with Crippen molar-refractivity contribution in [3.05, 3.63) is 30.3 Å². The number of carbonyl (C=O) groups is 2. The van der Waals surface area contributed by atoms with Crippen molar-refractivity contribution in [3.8, 4) is 0 Å². The fourth-order valence-corrected chi connectivity index (χ4v) is 1.90. The molecule has 0 bridgehead atoms. The van der Waals surface area contributed by atoms with Gasteiger partial charge >= 0.3 is 5.97 Å². The number of anilines is 1. The van der Waals surface area contributed by atoms with Crippen LogP contribution in [0, 0.1) is 0 Å². The highest BCUT2D eigenvalue weighted by atomic mass is 16.5. The molecule has 1 aliphatic rings. The smallest absolute Gasteiger partial charge is 0.308 e. The van der Waals surface area contributed by atoms with Crippen molar-refractivity contribution in [2.75, 3.05) is 11.5 Å². The quantitative estimate of drug-likeness (QED) is 0.705. The molecule has 16 heavy (non-hydrogen) atoms. The average molecular weight is 219 g/mol. The van der Waals surface area contributed by atoms with Gasteiger partial charge in [0.1, 0.15) is 6.61 Å². The zero-order valence-electron chi connectivity index (χ0n) is 9.05. The van der Waals surface area contributed by atoms with Crippen LogP contribution in [-0.4, -0.2) is 24.5 Å². The molecule has 2 rings (SSSR count). The van der Waals surface area contributed by atoms with E-state index in [4.69, 9.17) is 4.74 Å². The van der Waals surface area contributed by atoms with Gasteiger partial charge in [-0.15, -0.1) is 0 Å². The third-order valence-corrected chi connectivity index (χ3v) is 2.58. The number of nitrogens with zero attached hydrogens (tertiary/aromatic N) is 1. The molecule has 1 saturated heterocycles. The topological polar surface area (TPSA) is 46.6 Å². The Hall–Kier alpha value is -1.84. The minimum absolute atomic E-state index is 0.0745. The van der Waals surface area contributed by atoms with Gasteiger partial charge in [0.15, 0.2) is 0 Å². The van der Waals surface area contributed by atoms with E-state index in [9.17, 15) is 9.59 Å². The van der Waals surface area contributed by atoms with Gasteiger partial charge in [-0.2, -0.15) is 0 Å². The van der Waals surface area contributed by atoms with E-state index in [1.54, 1.807) is 4.90 Å². The van der Waals surface area contributed by atoms with E-state index in [1.165, 1.54) is 6.92 Å². The summed E-state index contributed by atoms with van der Waals surface area (Å²) >= 11 is 0. The maximum absolute atomic E-state index is 11.6. The summed E-state index contributed by atoms with van der Waals surface area (Å²) in [6.45, 7) is 1.78. The molecule has 1 unspecified atom stereocenters. The van der Waals surface area contributed by atoms with Gasteiger partial charge in [0, 0.05) is 12.6 Å². The molecule has 1 aromatic rings. The van der Waals surface area contributed by atoms with Gasteiger partial charge in [-0.3, -0.25) is 9.59 Å². The molecule has 1 heterocycles. The van der Waals surface area contributed by atoms with Gasteiger partial charge in [-0.05, 0) is 12.1 Å². The molecule has 0 spiro atoms. The van der Waals surface area contributed by atoms with Crippen LogP contribution < -0.4 is 4.90 Å². The minimum atomic E-state index is -0.243. The van der Waals surface area contributed by atoms with E-state index in [-0.39, 0.29) is 30.9 Å². The first-order valence-corrected chi connectivity index (χ1v) is 5.19. The zero-order valence-corrected chi connectivity index (χ0v) is 9.05. The Labute approximate surface area is 93.8 Å². The summed E-state index contributed by atoms with van der Waals surface area (Å²) < 4.78 is 4.89. The average Bonchev–Trinajstić information content (AvgIpc) is 2.66. The first-order chi connectivity index (χ1) is 7.68. The summed E-state index contributed by atoms with van der Waals surface area (Å²) in [5, 5.41) is 0. The predicted molar refractivity (Wildman–Crippen MR) is 59.0 cm³/mol.